The number of anilines is 2. The molecule has 0 heterocycles. The minimum Gasteiger partial charge on any atom is -0.322 e. The first-order valence-corrected chi connectivity index (χ1v) is 12.4. The molecule has 0 aromatic heterocycles. The van der Waals surface area contributed by atoms with Crippen LogP contribution in [0.25, 0.3) is 0 Å². The minimum atomic E-state index is -3.97. The Hall–Kier alpha value is -4.41. The number of nitriles is 1. The van der Waals surface area contributed by atoms with Gasteiger partial charge in [0.05, 0.1) is 35.2 Å². The number of sulfonamides is 1. The first kappa shape index (κ1) is 23.7. The maximum absolute atomic E-state index is 13.7. The molecule has 6 nitrogen and oxygen atoms in total. The van der Waals surface area contributed by atoms with Crippen LogP contribution < -0.4 is 9.62 Å². The molecule has 0 unspecified atom stereocenters. The van der Waals surface area contributed by atoms with E-state index in [1.807, 2.05) is 30.3 Å². The second-order valence-electron chi connectivity index (χ2n) is 7.81. The van der Waals surface area contributed by atoms with Gasteiger partial charge < -0.3 is 5.32 Å². The van der Waals surface area contributed by atoms with Crippen molar-refractivity contribution in [1.82, 2.24) is 0 Å². The first-order chi connectivity index (χ1) is 17.0. The Kier molecular flexibility index (Phi) is 7.24. The third-order valence-corrected chi connectivity index (χ3v) is 7.19. The molecule has 1 N–H and O–H groups in total. The summed E-state index contributed by atoms with van der Waals surface area (Å²) in [6.45, 7) is 0.0607. The standard InChI is InChI=1S/C28H23N3O3S/c29-20-19-22-15-17-24(18-16-22)30-28(32)26-13-7-8-14-27(26)31(21-23-9-3-1-4-10-23)35(33,34)25-11-5-2-6-12-25/h1-18H,19,21H2,(H,30,32). The summed E-state index contributed by atoms with van der Waals surface area (Å²) in [5, 5.41) is 11.7. The quantitative estimate of drug-likeness (QED) is 0.365. The van der Waals surface area contributed by atoms with E-state index >= 15 is 0 Å². The lowest BCUT2D eigenvalue weighted by Gasteiger charge is -2.26. The molecule has 0 fully saturated rings. The molecule has 0 spiro atoms. The van der Waals surface area contributed by atoms with Gasteiger partial charge in [0, 0.05) is 5.69 Å². The number of nitrogens with zero attached hydrogens (tertiary/aromatic N) is 2. The summed E-state index contributed by atoms with van der Waals surface area (Å²) in [5.74, 6) is -0.435. The molecule has 0 saturated heterocycles. The molecule has 1 amide bonds. The van der Waals surface area contributed by atoms with E-state index in [0.29, 0.717) is 5.69 Å². The first-order valence-electron chi connectivity index (χ1n) is 11.0. The van der Waals surface area contributed by atoms with Gasteiger partial charge in [0.1, 0.15) is 0 Å². The fourth-order valence-corrected chi connectivity index (χ4v) is 5.14. The SMILES string of the molecule is N#CCc1ccc(NC(=O)c2ccccc2N(Cc2ccccc2)S(=O)(=O)c2ccccc2)cc1. The van der Waals surface area contributed by atoms with Crippen LogP contribution in [0.2, 0.25) is 0 Å². The van der Waals surface area contributed by atoms with Gasteiger partial charge in [0.25, 0.3) is 15.9 Å². The summed E-state index contributed by atoms with van der Waals surface area (Å²) < 4.78 is 28.7. The van der Waals surface area contributed by atoms with Crippen molar-refractivity contribution in [2.75, 3.05) is 9.62 Å². The number of rotatable bonds is 8. The van der Waals surface area contributed by atoms with Gasteiger partial charge in [-0.25, -0.2) is 8.42 Å². The minimum absolute atomic E-state index is 0.0607. The van der Waals surface area contributed by atoms with E-state index in [9.17, 15) is 13.2 Å². The van der Waals surface area contributed by atoms with Gasteiger partial charge in [-0.3, -0.25) is 9.10 Å². The van der Waals surface area contributed by atoms with Crippen molar-refractivity contribution < 1.29 is 13.2 Å². The second-order valence-corrected chi connectivity index (χ2v) is 9.68. The molecule has 0 aliphatic rings. The molecule has 7 heteroatoms. The highest BCUT2D eigenvalue weighted by Crippen LogP contribution is 2.30. The maximum atomic E-state index is 13.7. The Morgan fingerprint density at radius 1 is 0.771 bits per heavy atom. The van der Waals surface area contributed by atoms with Crippen molar-refractivity contribution in [3.05, 3.63) is 126 Å². The highest BCUT2D eigenvalue weighted by atomic mass is 32.2. The van der Waals surface area contributed by atoms with Crippen LogP contribution in [0.5, 0.6) is 0 Å². The van der Waals surface area contributed by atoms with E-state index in [2.05, 4.69) is 11.4 Å². The highest BCUT2D eigenvalue weighted by Gasteiger charge is 2.28. The van der Waals surface area contributed by atoms with Gasteiger partial charge in [-0.05, 0) is 47.5 Å². The van der Waals surface area contributed by atoms with Gasteiger partial charge in [0.15, 0.2) is 0 Å². The number of amides is 1. The molecule has 0 bridgehead atoms. The molecule has 35 heavy (non-hydrogen) atoms. The molecule has 4 rings (SSSR count). The average molecular weight is 482 g/mol. The average Bonchev–Trinajstić information content (AvgIpc) is 2.89. The van der Waals surface area contributed by atoms with Crippen molar-refractivity contribution in [2.45, 2.75) is 17.9 Å². The molecule has 0 aliphatic carbocycles. The zero-order valence-electron chi connectivity index (χ0n) is 18.8. The van der Waals surface area contributed by atoms with Crippen molar-refractivity contribution in [3.63, 3.8) is 0 Å². The van der Waals surface area contributed by atoms with Crippen LogP contribution in [-0.4, -0.2) is 14.3 Å². The van der Waals surface area contributed by atoms with Crippen LogP contribution >= 0.6 is 0 Å². The monoisotopic (exact) mass is 481 g/mol. The Bertz CT molecular complexity index is 1450. The smallest absolute Gasteiger partial charge is 0.264 e. The summed E-state index contributed by atoms with van der Waals surface area (Å²) >= 11 is 0. The zero-order chi connectivity index (χ0) is 24.7. The van der Waals surface area contributed by atoms with Crippen LogP contribution in [-0.2, 0) is 23.0 Å². The van der Waals surface area contributed by atoms with Crippen LogP contribution in [0.1, 0.15) is 21.5 Å². The van der Waals surface area contributed by atoms with E-state index in [1.54, 1.807) is 78.9 Å². The molecule has 0 saturated carbocycles. The molecular weight excluding hydrogens is 458 g/mol. The van der Waals surface area contributed by atoms with Gasteiger partial charge in [-0.1, -0.05) is 72.8 Å². The zero-order valence-corrected chi connectivity index (χ0v) is 19.7. The van der Waals surface area contributed by atoms with E-state index in [1.165, 1.54) is 4.31 Å². The fourth-order valence-electron chi connectivity index (χ4n) is 3.65. The van der Waals surface area contributed by atoms with E-state index in [-0.39, 0.29) is 29.1 Å². The largest absolute Gasteiger partial charge is 0.322 e. The van der Waals surface area contributed by atoms with E-state index < -0.39 is 15.9 Å². The van der Waals surface area contributed by atoms with E-state index in [0.717, 1.165) is 11.1 Å². The van der Waals surface area contributed by atoms with Crippen LogP contribution in [0.4, 0.5) is 11.4 Å². The van der Waals surface area contributed by atoms with Crippen molar-refractivity contribution in [3.8, 4) is 6.07 Å². The van der Waals surface area contributed by atoms with Crippen LogP contribution in [0.15, 0.2) is 114 Å². The Balaban J connectivity index is 1.73. The summed E-state index contributed by atoms with van der Waals surface area (Å²) in [4.78, 5) is 13.4. The van der Waals surface area contributed by atoms with Crippen LogP contribution in [0, 0.1) is 11.3 Å². The third kappa shape index (κ3) is 5.57. The second kappa shape index (κ2) is 10.7. The molecule has 0 atom stereocenters. The number of benzene rings is 4. The lowest BCUT2D eigenvalue weighted by Crippen LogP contribution is -2.32. The number of nitrogens with one attached hydrogen (secondary N) is 1. The Morgan fingerprint density at radius 2 is 1.37 bits per heavy atom. The Morgan fingerprint density at radius 3 is 2.03 bits per heavy atom. The number of carbonyl (C=O) groups excluding carboxylic acids is 1. The number of para-hydroxylation sites is 1. The summed E-state index contributed by atoms with van der Waals surface area (Å²) in [7, 11) is -3.97. The maximum Gasteiger partial charge on any atom is 0.264 e. The number of hydrogen-bond donors (Lipinski definition) is 1. The van der Waals surface area contributed by atoms with Gasteiger partial charge in [-0.15, -0.1) is 0 Å². The normalized spacial score (nSPS) is 10.8. The van der Waals surface area contributed by atoms with Gasteiger partial charge in [-0.2, -0.15) is 5.26 Å². The van der Waals surface area contributed by atoms with Gasteiger partial charge >= 0.3 is 0 Å². The van der Waals surface area contributed by atoms with Crippen molar-refractivity contribution in [2.24, 2.45) is 0 Å². The summed E-state index contributed by atoms with van der Waals surface area (Å²) in [6, 6.07) is 33.1. The molecule has 4 aromatic rings. The third-order valence-electron chi connectivity index (χ3n) is 5.41. The van der Waals surface area contributed by atoms with Crippen LogP contribution in [0.3, 0.4) is 0 Å². The fraction of sp³-hybridized carbons (Fsp3) is 0.0714. The number of hydrogen-bond acceptors (Lipinski definition) is 4. The lowest BCUT2D eigenvalue weighted by molar-refractivity contribution is 0.102. The lowest BCUT2D eigenvalue weighted by atomic mass is 10.1. The predicted octanol–water partition coefficient (Wildman–Crippen LogP) is 5.40. The van der Waals surface area contributed by atoms with E-state index in [4.69, 9.17) is 5.26 Å². The topological polar surface area (TPSA) is 90.3 Å². The molecular formula is C28H23N3O3S. The highest BCUT2D eigenvalue weighted by molar-refractivity contribution is 7.92. The predicted molar refractivity (Wildman–Crippen MR) is 136 cm³/mol. The Labute approximate surface area is 205 Å². The molecule has 4 aromatic carbocycles. The summed E-state index contributed by atoms with van der Waals surface area (Å²) in [5.41, 5.74) is 2.68. The molecule has 174 valence electrons. The summed E-state index contributed by atoms with van der Waals surface area (Å²) in [6.07, 6.45) is 0.281. The molecule has 0 radical (unpaired) electrons. The molecule has 0 aliphatic heterocycles. The van der Waals surface area contributed by atoms with Crippen molar-refractivity contribution >= 4 is 27.3 Å². The number of carbonyl (C=O) groups is 1. The van der Waals surface area contributed by atoms with Crippen molar-refractivity contribution in [1.29, 1.82) is 5.26 Å². The van der Waals surface area contributed by atoms with Gasteiger partial charge in [0.2, 0.25) is 0 Å².